The minimum atomic E-state index is -0.229. The number of carbonyl (C=O) groups is 1. The monoisotopic (exact) mass is 467 g/mol. The van der Waals surface area contributed by atoms with Crippen LogP contribution in [-0.2, 0) is 9.53 Å². The SMILES string of the molecule is O=C(CN1CCOCC1)N1CCCCN2[C@@H](CO)[C@H](c3ccc(-c4ccccc4F)cc3)[C@@H]2C1. The molecule has 5 rings (SSSR count). The second-order valence-electron chi connectivity index (χ2n) is 9.62. The standard InChI is InChI=1S/C27H34FN3O3/c28-23-6-2-1-5-22(23)20-7-9-21(10-8-20)27-24-17-30(11-3-4-12-31(24)25(27)19-32)26(33)18-29-13-15-34-16-14-29/h1-2,5-10,24-25,27,32H,3-4,11-19H2/t24-,25-,27+/m0/s1. The number of halogens is 1. The molecule has 34 heavy (non-hydrogen) atoms. The summed E-state index contributed by atoms with van der Waals surface area (Å²) in [7, 11) is 0. The maximum absolute atomic E-state index is 14.2. The molecule has 0 unspecified atom stereocenters. The van der Waals surface area contributed by atoms with Gasteiger partial charge in [-0.05, 0) is 36.6 Å². The average Bonchev–Trinajstić information content (AvgIpc) is 2.84. The molecule has 1 N–H and O–H groups in total. The first-order valence-electron chi connectivity index (χ1n) is 12.4. The molecule has 0 aliphatic carbocycles. The number of aliphatic hydroxyl groups excluding tert-OH is 1. The van der Waals surface area contributed by atoms with Crippen LogP contribution in [0.15, 0.2) is 48.5 Å². The van der Waals surface area contributed by atoms with Gasteiger partial charge in [-0.3, -0.25) is 14.6 Å². The van der Waals surface area contributed by atoms with E-state index < -0.39 is 0 Å². The summed E-state index contributed by atoms with van der Waals surface area (Å²) >= 11 is 0. The van der Waals surface area contributed by atoms with Crippen molar-refractivity contribution in [3.05, 3.63) is 59.9 Å². The van der Waals surface area contributed by atoms with Gasteiger partial charge >= 0.3 is 0 Å². The molecule has 3 fully saturated rings. The van der Waals surface area contributed by atoms with E-state index in [1.165, 1.54) is 6.07 Å². The van der Waals surface area contributed by atoms with Crippen LogP contribution >= 0.6 is 0 Å². The number of amides is 1. The highest BCUT2D eigenvalue weighted by atomic mass is 19.1. The van der Waals surface area contributed by atoms with E-state index in [1.807, 2.05) is 23.1 Å². The topological polar surface area (TPSA) is 56.2 Å². The summed E-state index contributed by atoms with van der Waals surface area (Å²) in [5.41, 5.74) is 2.58. The lowest BCUT2D eigenvalue weighted by atomic mass is 9.74. The van der Waals surface area contributed by atoms with Crippen molar-refractivity contribution in [3.63, 3.8) is 0 Å². The summed E-state index contributed by atoms with van der Waals surface area (Å²) < 4.78 is 19.6. The third-order valence-corrected chi connectivity index (χ3v) is 7.67. The number of hydrogen-bond acceptors (Lipinski definition) is 5. The zero-order valence-electron chi connectivity index (χ0n) is 19.6. The minimum absolute atomic E-state index is 0.0543. The van der Waals surface area contributed by atoms with E-state index in [0.29, 0.717) is 31.9 Å². The highest BCUT2D eigenvalue weighted by Crippen LogP contribution is 2.42. The van der Waals surface area contributed by atoms with E-state index in [1.54, 1.807) is 12.1 Å². The van der Waals surface area contributed by atoms with Gasteiger partial charge in [0.1, 0.15) is 5.82 Å². The molecule has 0 aromatic heterocycles. The molecule has 1 amide bonds. The van der Waals surface area contributed by atoms with Crippen molar-refractivity contribution >= 4 is 5.91 Å². The Morgan fingerprint density at radius 2 is 1.74 bits per heavy atom. The molecule has 0 radical (unpaired) electrons. The summed E-state index contributed by atoms with van der Waals surface area (Å²) in [4.78, 5) is 19.8. The Morgan fingerprint density at radius 3 is 2.47 bits per heavy atom. The third-order valence-electron chi connectivity index (χ3n) is 7.67. The smallest absolute Gasteiger partial charge is 0.236 e. The number of morpholine rings is 1. The van der Waals surface area contributed by atoms with Crippen LogP contribution in [0.3, 0.4) is 0 Å². The van der Waals surface area contributed by atoms with Gasteiger partial charge in [-0.15, -0.1) is 0 Å². The first-order chi connectivity index (χ1) is 16.7. The van der Waals surface area contributed by atoms with Crippen molar-refractivity contribution in [2.24, 2.45) is 0 Å². The Balaban J connectivity index is 1.33. The maximum atomic E-state index is 14.2. The minimum Gasteiger partial charge on any atom is -0.395 e. The van der Waals surface area contributed by atoms with E-state index in [0.717, 1.165) is 50.1 Å². The van der Waals surface area contributed by atoms with Crippen LogP contribution in [0.25, 0.3) is 11.1 Å². The zero-order chi connectivity index (χ0) is 23.5. The number of rotatable bonds is 5. The number of fused-ring (bicyclic) bond motifs is 1. The number of nitrogens with zero attached hydrogens (tertiary/aromatic N) is 3. The molecular formula is C27H34FN3O3. The van der Waals surface area contributed by atoms with Gasteiger partial charge in [-0.25, -0.2) is 4.39 Å². The Morgan fingerprint density at radius 1 is 1.00 bits per heavy atom. The van der Waals surface area contributed by atoms with Crippen LogP contribution < -0.4 is 0 Å². The van der Waals surface area contributed by atoms with E-state index >= 15 is 0 Å². The molecule has 0 saturated carbocycles. The molecule has 6 nitrogen and oxygen atoms in total. The van der Waals surface area contributed by atoms with Crippen molar-refractivity contribution in [1.29, 1.82) is 0 Å². The first kappa shape index (κ1) is 23.4. The number of aliphatic hydroxyl groups is 1. The fourth-order valence-corrected chi connectivity index (χ4v) is 5.80. The van der Waals surface area contributed by atoms with Gasteiger partial charge < -0.3 is 14.7 Å². The van der Waals surface area contributed by atoms with Crippen molar-refractivity contribution < 1.29 is 19.0 Å². The molecule has 2 aromatic rings. The highest BCUT2D eigenvalue weighted by Gasteiger charge is 2.49. The molecule has 7 heteroatoms. The first-order valence-corrected chi connectivity index (χ1v) is 12.4. The normalized spacial score (nSPS) is 26.3. The molecule has 3 atom stereocenters. The lowest BCUT2D eigenvalue weighted by Crippen LogP contribution is -2.68. The van der Waals surface area contributed by atoms with Crippen LogP contribution in [0.1, 0.15) is 24.3 Å². The van der Waals surface area contributed by atoms with Gasteiger partial charge in [0.05, 0.1) is 26.4 Å². The van der Waals surface area contributed by atoms with Gasteiger partial charge in [0.15, 0.2) is 0 Å². The zero-order valence-corrected chi connectivity index (χ0v) is 19.6. The number of hydrogen-bond donors (Lipinski definition) is 1. The molecule has 2 aromatic carbocycles. The van der Waals surface area contributed by atoms with Crippen LogP contribution in [0.4, 0.5) is 4.39 Å². The van der Waals surface area contributed by atoms with Crippen molar-refractivity contribution in [2.75, 3.05) is 59.1 Å². The van der Waals surface area contributed by atoms with Crippen LogP contribution in [0.2, 0.25) is 0 Å². The second-order valence-corrected chi connectivity index (χ2v) is 9.62. The van der Waals surface area contributed by atoms with Gasteiger partial charge in [0, 0.05) is 49.7 Å². The Bertz CT molecular complexity index is 979. The van der Waals surface area contributed by atoms with E-state index in [-0.39, 0.29) is 36.3 Å². The molecule has 3 aliphatic heterocycles. The van der Waals surface area contributed by atoms with Crippen molar-refractivity contribution in [3.8, 4) is 11.1 Å². The second kappa shape index (κ2) is 10.5. The lowest BCUT2D eigenvalue weighted by Gasteiger charge is -2.57. The number of ether oxygens (including phenoxy) is 1. The molecule has 0 bridgehead atoms. The molecule has 3 saturated heterocycles. The predicted molar refractivity (Wildman–Crippen MR) is 129 cm³/mol. The van der Waals surface area contributed by atoms with Gasteiger partial charge in [-0.2, -0.15) is 0 Å². The molecule has 3 aliphatic rings. The summed E-state index contributed by atoms with van der Waals surface area (Å²) in [5.74, 6) is 0.106. The summed E-state index contributed by atoms with van der Waals surface area (Å²) in [6, 6.07) is 15.1. The van der Waals surface area contributed by atoms with Crippen LogP contribution in [-0.4, -0.2) is 96.9 Å². The quantitative estimate of drug-likeness (QED) is 0.733. The highest BCUT2D eigenvalue weighted by molar-refractivity contribution is 5.78. The Kier molecular flexibility index (Phi) is 7.25. The molecular weight excluding hydrogens is 433 g/mol. The van der Waals surface area contributed by atoms with Crippen molar-refractivity contribution in [1.82, 2.24) is 14.7 Å². The van der Waals surface area contributed by atoms with Gasteiger partial charge in [0.25, 0.3) is 0 Å². The van der Waals surface area contributed by atoms with Gasteiger partial charge in [0.2, 0.25) is 5.91 Å². The largest absolute Gasteiger partial charge is 0.395 e. The fourth-order valence-electron chi connectivity index (χ4n) is 5.80. The number of benzene rings is 2. The van der Waals surface area contributed by atoms with E-state index in [4.69, 9.17) is 4.74 Å². The van der Waals surface area contributed by atoms with E-state index in [2.05, 4.69) is 21.9 Å². The maximum Gasteiger partial charge on any atom is 0.236 e. The number of carbonyl (C=O) groups excluding carboxylic acids is 1. The van der Waals surface area contributed by atoms with Crippen LogP contribution in [0, 0.1) is 5.82 Å². The van der Waals surface area contributed by atoms with Crippen LogP contribution in [0.5, 0.6) is 0 Å². The Labute approximate surface area is 200 Å². The third kappa shape index (κ3) is 4.75. The van der Waals surface area contributed by atoms with Crippen molar-refractivity contribution in [2.45, 2.75) is 30.8 Å². The fraction of sp³-hybridized carbons (Fsp3) is 0.519. The molecule has 0 spiro atoms. The summed E-state index contributed by atoms with van der Waals surface area (Å²) in [6.45, 7) is 5.94. The lowest BCUT2D eigenvalue weighted by molar-refractivity contribution is -0.138. The summed E-state index contributed by atoms with van der Waals surface area (Å²) in [5, 5.41) is 10.2. The molecule has 182 valence electrons. The average molecular weight is 468 g/mol. The summed E-state index contributed by atoms with van der Waals surface area (Å²) in [6.07, 6.45) is 2.01. The Hall–Kier alpha value is -2.32. The predicted octanol–water partition coefficient (Wildman–Crippen LogP) is 2.58. The molecule has 3 heterocycles. The van der Waals surface area contributed by atoms with E-state index in [9.17, 15) is 14.3 Å². The van der Waals surface area contributed by atoms with Gasteiger partial charge in [-0.1, -0.05) is 42.5 Å².